The van der Waals surface area contributed by atoms with Gasteiger partial charge in [0.1, 0.15) is 0 Å². The second-order valence-electron chi connectivity index (χ2n) is 4.01. The summed E-state index contributed by atoms with van der Waals surface area (Å²) in [7, 11) is -6.84. The Balaban J connectivity index is 2.56. The highest BCUT2D eigenvalue weighted by Crippen LogP contribution is 2.35. The molecule has 0 saturated carbocycles. The molecule has 18 heavy (non-hydrogen) atoms. The summed E-state index contributed by atoms with van der Waals surface area (Å²) in [4.78, 5) is 0.0799. The molecule has 0 amide bonds. The standard InChI is InChI=1S/C11H11ClO4S2/c1-2-17(13,14)6-8-7-18(15,16)11-5-9(12)3-4-10(8)11/h3-5,7H,2,6H2,1H3. The average Bonchev–Trinajstić information content (AvgIpc) is 2.50. The van der Waals surface area contributed by atoms with E-state index in [1.54, 1.807) is 12.1 Å². The molecule has 0 aromatic heterocycles. The monoisotopic (exact) mass is 306 g/mol. The molecular weight excluding hydrogens is 296 g/mol. The maximum absolute atomic E-state index is 11.9. The molecule has 0 N–H and O–H groups in total. The molecule has 1 heterocycles. The van der Waals surface area contributed by atoms with Gasteiger partial charge in [0.25, 0.3) is 0 Å². The largest absolute Gasteiger partial charge is 0.229 e. The van der Waals surface area contributed by atoms with E-state index in [0.29, 0.717) is 16.2 Å². The Morgan fingerprint density at radius 2 is 1.94 bits per heavy atom. The van der Waals surface area contributed by atoms with Crippen LogP contribution in [-0.2, 0) is 19.7 Å². The molecule has 1 aromatic carbocycles. The third kappa shape index (κ3) is 2.46. The Morgan fingerprint density at radius 3 is 2.56 bits per heavy atom. The van der Waals surface area contributed by atoms with Gasteiger partial charge in [0.15, 0.2) is 9.84 Å². The number of benzene rings is 1. The summed E-state index contributed by atoms with van der Waals surface area (Å²) in [5.41, 5.74) is 0.736. The van der Waals surface area contributed by atoms with Crippen molar-refractivity contribution in [3.05, 3.63) is 34.2 Å². The number of hydrogen-bond donors (Lipinski definition) is 0. The van der Waals surface area contributed by atoms with Crippen LogP contribution >= 0.6 is 11.6 Å². The van der Waals surface area contributed by atoms with Gasteiger partial charge in [-0.1, -0.05) is 24.6 Å². The summed E-state index contributed by atoms with van der Waals surface area (Å²) in [5, 5.41) is 1.33. The summed E-state index contributed by atoms with van der Waals surface area (Å²) in [6.45, 7) is 1.53. The topological polar surface area (TPSA) is 68.3 Å². The fourth-order valence-corrected chi connectivity index (χ4v) is 4.53. The molecule has 98 valence electrons. The van der Waals surface area contributed by atoms with Gasteiger partial charge in [-0.15, -0.1) is 0 Å². The number of hydrogen-bond acceptors (Lipinski definition) is 4. The van der Waals surface area contributed by atoms with Crippen molar-refractivity contribution >= 4 is 36.8 Å². The van der Waals surface area contributed by atoms with Crippen LogP contribution in [0.1, 0.15) is 12.5 Å². The zero-order valence-corrected chi connectivity index (χ0v) is 11.9. The molecule has 0 unspecified atom stereocenters. The first-order valence-corrected chi connectivity index (χ1v) is 8.96. The predicted octanol–water partition coefficient (Wildman–Crippen LogP) is 1.90. The second-order valence-corrected chi connectivity index (χ2v) is 8.56. The van der Waals surface area contributed by atoms with Crippen molar-refractivity contribution in [3.8, 4) is 0 Å². The van der Waals surface area contributed by atoms with Crippen LogP contribution in [0.3, 0.4) is 0 Å². The summed E-state index contributed by atoms with van der Waals surface area (Å²) in [6, 6.07) is 4.43. The van der Waals surface area contributed by atoms with Gasteiger partial charge in [0.05, 0.1) is 10.6 Å². The van der Waals surface area contributed by atoms with Gasteiger partial charge in [-0.05, 0) is 23.3 Å². The van der Waals surface area contributed by atoms with E-state index in [4.69, 9.17) is 11.6 Å². The van der Waals surface area contributed by atoms with Crippen molar-refractivity contribution in [1.29, 1.82) is 0 Å². The van der Waals surface area contributed by atoms with E-state index >= 15 is 0 Å². The van der Waals surface area contributed by atoms with E-state index in [9.17, 15) is 16.8 Å². The summed E-state index contributed by atoms with van der Waals surface area (Å²) >= 11 is 5.75. The second kappa shape index (κ2) is 4.36. The number of sulfone groups is 2. The van der Waals surface area contributed by atoms with Crippen LogP contribution in [0.4, 0.5) is 0 Å². The van der Waals surface area contributed by atoms with E-state index in [2.05, 4.69) is 0 Å². The van der Waals surface area contributed by atoms with E-state index in [0.717, 1.165) is 5.41 Å². The molecule has 0 saturated heterocycles. The summed E-state index contributed by atoms with van der Waals surface area (Å²) < 4.78 is 46.9. The highest BCUT2D eigenvalue weighted by Gasteiger charge is 2.29. The number of halogens is 1. The first-order valence-electron chi connectivity index (χ1n) is 5.21. The minimum Gasteiger partial charge on any atom is -0.229 e. The maximum atomic E-state index is 11.9. The minimum absolute atomic E-state index is 0.0205. The Hall–Kier alpha value is -0.850. The fraction of sp³-hybridized carbons (Fsp3) is 0.273. The molecule has 2 rings (SSSR count). The van der Waals surface area contributed by atoms with E-state index in [1.807, 2.05) is 0 Å². The quantitative estimate of drug-likeness (QED) is 0.855. The Labute approximate surface area is 111 Å². The molecule has 1 aliphatic rings. The molecule has 0 aliphatic carbocycles. The first-order chi connectivity index (χ1) is 8.25. The van der Waals surface area contributed by atoms with Gasteiger partial charge >= 0.3 is 0 Å². The van der Waals surface area contributed by atoms with E-state index in [-0.39, 0.29) is 16.4 Å². The van der Waals surface area contributed by atoms with Gasteiger partial charge in [0, 0.05) is 16.2 Å². The van der Waals surface area contributed by atoms with Gasteiger partial charge < -0.3 is 0 Å². The first kappa shape index (κ1) is 13.6. The van der Waals surface area contributed by atoms with Gasteiger partial charge in [-0.3, -0.25) is 0 Å². The zero-order chi connectivity index (χ0) is 13.6. The summed E-state index contributed by atoms with van der Waals surface area (Å²) in [5.74, 6) is -0.287. The molecule has 1 aliphatic heterocycles. The number of rotatable bonds is 3. The Kier molecular flexibility index (Phi) is 3.29. The minimum atomic E-state index is -3.57. The molecule has 0 bridgehead atoms. The Bertz CT molecular complexity index is 730. The van der Waals surface area contributed by atoms with Crippen LogP contribution in [0.25, 0.3) is 5.57 Å². The molecule has 4 nitrogen and oxygen atoms in total. The van der Waals surface area contributed by atoms with Crippen molar-refractivity contribution < 1.29 is 16.8 Å². The molecule has 0 spiro atoms. The van der Waals surface area contributed by atoms with Crippen molar-refractivity contribution in [2.24, 2.45) is 0 Å². The third-order valence-electron chi connectivity index (χ3n) is 2.71. The van der Waals surface area contributed by atoms with Crippen LogP contribution in [0, 0.1) is 0 Å². The smallest absolute Gasteiger partial charge is 0.200 e. The maximum Gasteiger partial charge on any atom is 0.200 e. The molecule has 0 radical (unpaired) electrons. The predicted molar refractivity (Wildman–Crippen MR) is 70.9 cm³/mol. The lowest BCUT2D eigenvalue weighted by Crippen LogP contribution is -2.09. The normalized spacial score (nSPS) is 17.3. The van der Waals surface area contributed by atoms with Crippen LogP contribution in [0.15, 0.2) is 28.5 Å². The lowest BCUT2D eigenvalue weighted by atomic mass is 10.1. The van der Waals surface area contributed by atoms with Crippen molar-refractivity contribution in [1.82, 2.24) is 0 Å². The van der Waals surface area contributed by atoms with Gasteiger partial charge in [0.2, 0.25) is 9.84 Å². The van der Waals surface area contributed by atoms with Crippen molar-refractivity contribution in [2.75, 3.05) is 11.5 Å². The molecule has 1 aromatic rings. The van der Waals surface area contributed by atoms with E-state index < -0.39 is 19.7 Å². The molecular formula is C11H11ClO4S2. The van der Waals surface area contributed by atoms with Crippen LogP contribution in [0.5, 0.6) is 0 Å². The lowest BCUT2D eigenvalue weighted by Gasteiger charge is -2.04. The highest BCUT2D eigenvalue weighted by molar-refractivity contribution is 7.95. The van der Waals surface area contributed by atoms with Gasteiger partial charge in [-0.25, -0.2) is 16.8 Å². The third-order valence-corrected chi connectivity index (χ3v) is 6.12. The lowest BCUT2D eigenvalue weighted by molar-refractivity contribution is 0.600. The van der Waals surface area contributed by atoms with Crippen molar-refractivity contribution in [2.45, 2.75) is 11.8 Å². The van der Waals surface area contributed by atoms with Gasteiger partial charge in [-0.2, -0.15) is 0 Å². The number of fused-ring (bicyclic) bond motifs is 1. The SMILES string of the molecule is CCS(=O)(=O)CC1=CS(=O)(=O)c2cc(Cl)ccc21. The van der Waals surface area contributed by atoms with Crippen LogP contribution < -0.4 is 0 Å². The fourth-order valence-electron chi connectivity index (χ4n) is 1.76. The van der Waals surface area contributed by atoms with Crippen molar-refractivity contribution in [3.63, 3.8) is 0 Å². The molecule has 0 fully saturated rings. The average molecular weight is 307 g/mol. The zero-order valence-electron chi connectivity index (χ0n) is 9.55. The molecule has 0 atom stereocenters. The van der Waals surface area contributed by atoms with Crippen LogP contribution in [0.2, 0.25) is 5.02 Å². The van der Waals surface area contributed by atoms with Crippen LogP contribution in [-0.4, -0.2) is 28.3 Å². The molecule has 7 heteroatoms. The van der Waals surface area contributed by atoms with E-state index in [1.165, 1.54) is 13.0 Å². The summed E-state index contributed by atoms with van der Waals surface area (Å²) in [6.07, 6.45) is 0. The highest BCUT2D eigenvalue weighted by atomic mass is 35.5. The Morgan fingerprint density at radius 1 is 1.28 bits per heavy atom.